The molecule has 0 radical (unpaired) electrons. The smallest absolute Gasteiger partial charge is 0.230 e. The molecule has 2 aromatic heterocycles. The lowest BCUT2D eigenvalue weighted by atomic mass is 10.2. The Bertz CT molecular complexity index is 811. The van der Waals surface area contributed by atoms with E-state index >= 15 is 0 Å². The zero-order valence-corrected chi connectivity index (χ0v) is 15.0. The molecule has 0 N–H and O–H groups in total. The summed E-state index contributed by atoms with van der Waals surface area (Å²) in [5.41, 5.74) is 2.66. The minimum absolute atomic E-state index is 0.119. The van der Waals surface area contributed by atoms with Gasteiger partial charge in [-0.3, -0.25) is 4.90 Å². The van der Waals surface area contributed by atoms with Gasteiger partial charge in [0, 0.05) is 12.6 Å². The Kier molecular flexibility index (Phi) is 5.19. The van der Waals surface area contributed by atoms with Crippen molar-refractivity contribution in [1.82, 2.24) is 15.0 Å². The summed E-state index contributed by atoms with van der Waals surface area (Å²) in [5.74, 6) is 2.17. The van der Waals surface area contributed by atoms with Gasteiger partial charge in [-0.2, -0.15) is 0 Å². The topological polar surface area (TPSA) is 64.5 Å². The van der Waals surface area contributed by atoms with Gasteiger partial charge < -0.3 is 13.7 Å². The largest absolute Gasteiger partial charge is 0.493 e. The third kappa shape index (κ3) is 3.74. The van der Waals surface area contributed by atoms with Crippen molar-refractivity contribution in [2.45, 2.75) is 33.4 Å². The summed E-state index contributed by atoms with van der Waals surface area (Å²) in [7, 11) is 2.03. The molecular formula is C19H23N3O3. The van der Waals surface area contributed by atoms with Crippen LogP contribution in [0.25, 0.3) is 11.5 Å². The number of benzene rings is 1. The predicted molar refractivity (Wildman–Crippen MR) is 94.2 cm³/mol. The van der Waals surface area contributed by atoms with E-state index in [1.807, 2.05) is 51.2 Å². The first-order chi connectivity index (χ1) is 12.1. The Morgan fingerprint density at radius 1 is 1.24 bits per heavy atom. The van der Waals surface area contributed by atoms with Gasteiger partial charge in [0.05, 0.1) is 23.9 Å². The summed E-state index contributed by atoms with van der Waals surface area (Å²) in [6.07, 6.45) is 1.59. The Hall–Kier alpha value is -2.60. The molecule has 0 aliphatic carbocycles. The van der Waals surface area contributed by atoms with Crippen molar-refractivity contribution in [2.75, 3.05) is 13.7 Å². The van der Waals surface area contributed by atoms with Gasteiger partial charge in [-0.05, 0) is 40.0 Å². The van der Waals surface area contributed by atoms with Gasteiger partial charge >= 0.3 is 0 Å². The van der Waals surface area contributed by atoms with Gasteiger partial charge in [0.25, 0.3) is 0 Å². The number of hydrogen-bond donors (Lipinski definition) is 0. The fourth-order valence-electron chi connectivity index (χ4n) is 2.65. The van der Waals surface area contributed by atoms with E-state index in [1.165, 1.54) is 0 Å². The molecule has 0 amide bonds. The van der Waals surface area contributed by atoms with Crippen molar-refractivity contribution in [3.8, 4) is 17.2 Å². The van der Waals surface area contributed by atoms with Crippen LogP contribution in [0.5, 0.6) is 5.75 Å². The predicted octanol–water partition coefficient (Wildman–Crippen LogP) is 4.23. The molecule has 25 heavy (non-hydrogen) atoms. The highest BCUT2D eigenvalue weighted by molar-refractivity contribution is 5.63. The molecule has 2 heterocycles. The molecule has 1 aromatic carbocycles. The van der Waals surface area contributed by atoms with Gasteiger partial charge in [0.15, 0.2) is 0 Å². The quantitative estimate of drug-likeness (QED) is 0.641. The number of hydrogen-bond acceptors (Lipinski definition) is 6. The van der Waals surface area contributed by atoms with Crippen LogP contribution in [0.3, 0.4) is 0 Å². The summed E-state index contributed by atoms with van der Waals surface area (Å²) in [6.45, 7) is 7.23. The van der Waals surface area contributed by atoms with E-state index in [0.717, 1.165) is 28.5 Å². The summed E-state index contributed by atoms with van der Waals surface area (Å²) in [5, 5.41) is 4.01. The molecular weight excluding hydrogens is 318 g/mol. The fourth-order valence-corrected chi connectivity index (χ4v) is 2.65. The molecule has 0 unspecified atom stereocenters. The van der Waals surface area contributed by atoms with E-state index in [2.05, 4.69) is 17.0 Å². The summed E-state index contributed by atoms with van der Waals surface area (Å²) in [6, 6.07) is 9.78. The minimum Gasteiger partial charge on any atom is -0.493 e. The van der Waals surface area contributed by atoms with Gasteiger partial charge in [-0.15, -0.1) is 0 Å². The molecule has 0 aliphatic heterocycles. The van der Waals surface area contributed by atoms with Crippen LogP contribution < -0.4 is 4.74 Å². The molecule has 0 fully saturated rings. The zero-order valence-electron chi connectivity index (χ0n) is 15.0. The molecule has 1 atom stereocenters. The molecule has 0 bridgehead atoms. The van der Waals surface area contributed by atoms with Gasteiger partial charge in [0.1, 0.15) is 23.5 Å². The summed E-state index contributed by atoms with van der Waals surface area (Å²) < 4.78 is 16.5. The van der Waals surface area contributed by atoms with Crippen LogP contribution in [-0.4, -0.2) is 28.7 Å². The standard InChI is InChI=1S/C19H23N3O3/c1-5-23-18-9-7-6-8-15(18)19-20-17(14(3)25-19)12-22(4)13(2)16-10-11-24-21-16/h6-11,13H,5,12H2,1-4H3/t13-/m1/s1. The van der Waals surface area contributed by atoms with Crippen LogP contribution in [0, 0.1) is 6.92 Å². The molecule has 6 heteroatoms. The zero-order chi connectivity index (χ0) is 17.8. The summed E-state index contributed by atoms with van der Waals surface area (Å²) >= 11 is 0. The van der Waals surface area contributed by atoms with Crippen molar-refractivity contribution >= 4 is 0 Å². The first-order valence-electron chi connectivity index (χ1n) is 8.39. The van der Waals surface area contributed by atoms with Crippen molar-refractivity contribution < 1.29 is 13.7 Å². The van der Waals surface area contributed by atoms with Crippen molar-refractivity contribution in [3.05, 3.63) is 53.7 Å². The van der Waals surface area contributed by atoms with E-state index in [4.69, 9.17) is 18.7 Å². The van der Waals surface area contributed by atoms with Crippen molar-refractivity contribution in [2.24, 2.45) is 0 Å². The number of oxazole rings is 1. The number of aryl methyl sites for hydroxylation is 1. The maximum atomic E-state index is 5.91. The third-order valence-electron chi connectivity index (χ3n) is 4.26. The molecule has 0 saturated heterocycles. The second kappa shape index (κ2) is 7.53. The Balaban J connectivity index is 1.81. The molecule has 0 spiro atoms. The molecule has 6 nitrogen and oxygen atoms in total. The van der Waals surface area contributed by atoms with E-state index in [0.29, 0.717) is 19.0 Å². The molecule has 0 saturated carbocycles. The first-order valence-corrected chi connectivity index (χ1v) is 8.39. The van der Waals surface area contributed by atoms with Crippen molar-refractivity contribution in [1.29, 1.82) is 0 Å². The van der Waals surface area contributed by atoms with Gasteiger partial charge in [-0.1, -0.05) is 17.3 Å². The van der Waals surface area contributed by atoms with Crippen molar-refractivity contribution in [3.63, 3.8) is 0 Å². The summed E-state index contributed by atoms with van der Waals surface area (Å²) in [4.78, 5) is 6.85. The lowest BCUT2D eigenvalue weighted by molar-refractivity contribution is 0.237. The maximum Gasteiger partial charge on any atom is 0.230 e. The maximum absolute atomic E-state index is 5.91. The normalized spacial score (nSPS) is 12.5. The number of rotatable bonds is 7. The second-order valence-corrected chi connectivity index (χ2v) is 5.97. The molecule has 132 valence electrons. The van der Waals surface area contributed by atoms with E-state index in [9.17, 15) is 0 Å². The van der Waals surface area contributed by atoms with Crippen LogP contribution in [-0.2, 0) is 6.54 Å². The number of nitrogens with zero attached hydrogens (tertiary/aromatic N) is 3. The fraction of sp³-hybridized carbons (Fsp3) is 0.368. The Labute approximate surface area is 147 Å². The minimum atomic E-state index is 0.119. The SMILES string of the molecule is CCOc1ccccc1-c1nc(CN(C)[C@H](C)c2ccon2)c(C)o1. The monoisotopic (exact) mass is 341 g/mol. The molecule has 3 rings (SSSR count). The van der Waals surface area contributed by atoms with Crippen LogP contribution in [0.4, 0.5) is 0 Å². The average Bonchev–Trinajstić information content (AvgIpc) is 3.26. The lowest BCUT2D eigenvalue weighted by Gasteiger charge is -2.21. The van der Waals surface area contributed by atoms with E-state index < -0.39 is 0 Å². The Morgan fingerprint density at radius 2 is 2.04 bits per heavy atom. The Morgan fingerprint density at radius 3 is 2.76 bits per heavy atom. The van der Waals surface area contributed by atoms with E-state index in [-0.39, 0.29) is 6.04 Å². The van der Waals surface area contributed by atoms with Crippen LogP contribution in [0.2, 0.25) is 0 Å². The van der Waals surface area contributed by atoms with Crippen LogP contribution >= 0.6 is 0 Å². The average molecular weight is 341 g/mol. The highest BCUT2D eigenvalue weighted by Crippen LogP contribution is 2.31. The third-order valence-corrected chi connectivity index (χ3v) is 4.26. The number of aromatic nitrogens is 2. The highest BCUT2D eigenvalue weighted by Gasteiger charge is 2.20. The lowest BCUT2D eigenvalue weighted by Crippen LogP contribution is -2.22. The van der Waals surface area contributed by atoms with Gasteiger partial charge in [-0.25, -0.2) is 4.98 Å². The second-order valence-electron chi connectivity index (χ2n) is 5.97. The molecule has 3 aromatic rings. The number of ether oxygens (including phenoxy) is 1. The van der Waals surface area contributed by atoms with Gasteiger partial charge in [0.2, 0.25) is 5.89 Å². The first kappa shape index (κ1) is 17.2. The highest BCUT2D eigenvalue weighted by atomic mass is 16.5. The van der Waals surface area contributed by atoms with Crippen LogP contribution in [0.1, 0.15) is 37.0 Å². The van der Waals surface area contributed by atoms with Crippen LogP contribution in [0.15, 0.2) is 45.5 Å². The van der Waals surface area contributed by atoms with E-state index in [1.54, 1.807) is 6.26 Å². The molecule has 0 aliphatic rings. The number of para-hydroxylation sites is 1.